The van der Waals surface area contributed by atoms with Crippen LogP contribution in [-0.2, 0) is 22.6 Å². The molecule has 2 atom stereocenters. The molecule has 1 aliphatic rings. The summed E-state index contributed by atoms with van der Waals surface area (Å²) in [5.41, 5.74) is 2.25. The molecule has 2 unspecified atom stereocenters. The molecular formula is C20H30N2O3. The van der Waals surface area contributed by atoms with Gasteiger partial charge in [-0.15, -0.1) is 0 Å². The van der Waals surface area contributed by atoms with Gasteiger partial charge in [0.25, 0.3) is 0 Å². The Balaban J connectivity index is 2.10. The monoisotopic (exact) mass is 346 g/mol. The first-order valence-electron chi connectivity index (χ1n) is 9.24. The van der Waals surface area contributed by atoms with E-state index < -0.39 is 12.1 Å². The molecule has 0 aromatic heterocycles. The van der Waals surface area contributed by atoms with Crippen molar-refractivity contribution in [3.8, 4) is 0 Å². The first-order chi connectivity index (χ1) is 11.9. The second-order valence-electron chi connectivity index (χ2n) is 7.25. The van der Waals surface area contributed by atoms with E-state index in [1.165, 1.54) is 0 Å². The average molecular weight is 346 g/mol. The molecule has 2 N–H and O–H groups in total. The first-order valence-corrected chi connectivity index (χ1v) is 9.24. The summed E-state index contributed by atoms with van der Waals surface area (Å²) in [4.78, 5) is 27.1. The Morgan fingerprint density at radius 2 is 1.96 bits per heavy atom. The van der Waals surface area contributed by atoms with E-state index in [1.54, 1.807) is 4.90 Å². The van der Waals surface area contributed by atoms with Gasteiger partial charge in [0.2, 0.25) is 11.8 Å². The van der Waals surface area contributed by atoms with Gasteiger partial charge in [0.15, 0.2) is 0 Å². The van der Waals surface area contributed by atoms with Crippen molar-refractivity contribution in [2.24, 2.45) is 5.92 Å². The van der Waals surface area contributed by atoms with E-state index in [0.717, 1.165) is 11.1 Å². The number of hydrogen-bond donors (Lipinski definition) is 2. The van der Waals surface area contributed by atoms with Crippen LogP contribution in [0.2, 0.25) is 0 Å². The van der Waals surface area contributed by atoms with Crippen LogP contribution < -0.4 is 5.32 Å². The Kier molecular flexibility index (Phi) is 7.00. The van der Waals surface area contributed by atoms with Gasteiger partial charge in [-0.05, 0) is 29.9 Å². The average Bonchev–Trinajstić information content (AvgIpc) is 2.59. The van der Waals surface area contributed by atoms with Crippen LogP contribution in [0.1, 0.15) is 51.2 Å². The van der Waals surface area contributed by atoms with Crippen LogP contribution in [0.3, 0.4) is 0 Å². The lowest BCUT2D eigenvalue weighted by Gasteiger charge is -2.36. The molecule has 0 spiro atoms. The molecule has 0 saturated carbocycles. The Hall–Kier alpha value is -1.88. The molecule has 0 aliphatic carbocycles. The fourth-order valence-corrected chi connectivity index (χ4v) is 3.17. The van der Waals surface area contributed by atoms with E-state index in [4.69, 9.17) is 0 Å². The summed E-state index contributed by atoms with van der Waals surface area (Å²) in [6.45, 7) is 6.85. The molecule has 2 rings (SSSR count). The number of aliphatic hydroxyl groups excluding tert-OH is 1. The number of fused-ring (bicyclic) bond motifs is 1. The van der Waals surface area contributed by atoms with Gasteiger partial charge < -0.3 is 15.3 Å². The molecule has 0 bridgehead atoms. The summed E-state index contributed by atoms with van der Waals surface area (Å²) < 4.78 is 0. The first kappa shape index (κ1) is 19.4. The van der Waals surface area contributed by atoms with Gasteiger partial charge >= 0.3 is 0 Å². The van der Waals surface area contributed by atoms with Crippen molar-refractivity contribution in [2.45, 2.75) is 65.1 Å². The number of rotatable bonds is 7. The Morgan fingerprint density at radius 3 is 2.60 bits per heavy atom. The summed E-state index contributed by atoms with van der Waals surface area (Å²) in [6, 6.07) is 7.52. The van der Waals surface area contributed by atoms with Crippen molar-refractivity contribution in [2.75, 3.05) is 6.54 Å². The van der Waals surface area contributed by atoms with Crippen molar-refractivity contribution >= 4 is 11.8 Å². The molecule has 0 saturated heterocycles. The third kappa shape index (κ3) is 5.30. The van der Waals surface area contributed by atoms with Gasteiger partial charge in [0.1, 0.15) is 6.04 Å². The highest BCUT2D eigenvalue weighted by Crippen LogP contribution is 2.25. The molecule has 138 valence electrons. The zero-order chi connectivity index (χ0) is 18.4. The number of benzene rings is 1. The third-order valence-corrected chi connectivity index (χ3v) is 4.70. The molecule has 1 heterocycles. The lowest BCUT2D eigenvalue weighted by Crippen LogP contribution is -2.53. The molecule has 5 heteroatoms. The van der Waals surface area contributed by atoms with Crippen LogP contribution >= 0.6 is 0 Å². The Morgan fingerprint density at radius 1 is 1.28 bits per heavy atom. The molecule has 1 aromatic carbocycles. The summed E-state index contributed by atoms with van der Waals surface area (Å²) in [5, 5.41) is 12.5. The zero-order valence-electron chi connectivity index (χ0n) is 15.5. The number of hydrogen-bond acceptors (Lipinski definition) is 3. The van der Waals surface area contributed by atoms with E-state index in [9.17, 15) is 14.7 Å². The van der Waals surface area contributed by atoms with Crippen LogP contribution in [0.4, 0.5) is 0 Å². The van der Waals surface area contributed by atoms with Crippen molar-refractivity contribution < 1.29 is 14.7 Å². The van der Waals surface area contributed by atoms with Crippen molar-refractivity contribution in [3.63, 3.8) is 0 Å². The molecular weight excluding hydrogens is 316 g/mol. The maximum atomic E-state index is 12.7. The molecule has 0 fully saturated rings. The van der Waals surface area contributed by atoms with Crippen molar-refractivity contribution in [3.05, 3.63) is 35.4 Å². The highest BCUT2D eigenvalue weighted by atomic mass is 16.3. The van der Waals surface area contributed by atoms with Gasteiger partial charge in [0, 0.05) is 25.9 Å². The van der Waals surface area contributed by atoms with Gasteiger partial charge in [-0.25, -0.2) is 0 Å². The highest BCUT2D eigenvalue weighted by molar-refractivity contribution is 5.88. The normalized spacial score (nSPS) is 18.0. The molecule has 1 aliphatic heterocycles. The molecule has 0 radical (unpaired) electrons. The van der Waals surface area contributed by atoms with Crippen LogP contribution in [0, 0.1) is 5.92 Å². The van der Waals surface area contributed by atoms with Crippen molar-refractivity contribution in [1.82, 2.24) is 10.2 Å². The third-order valence-electron chi connectivity index (χ3n) is 4.70. The number of aliphatic hydroxyl groups is 1. The predicted octanol–water partition coefficient (Wildman–Crippen LogP) is 2.26. The molecule has 2 amide bonds. The highest BCUT2D eigenvalue weighted by Gasteiger charge is 2.34. The summed E-state index contributed by atoms with van der Waals surface area (Å²) in [7, 11) is 0. The number of carbonyl (C=O) groups excluding carboxylic acids is 2. The van der Waals surface area contributed by atoms with Crippen LogP contribution in [0.5, 0.6) is 0 Å². The Labute approximate surface area is 150 Å². The number of carbonyl (C=O) groups is 2. The van der Waals surface area contributed by atoms with E-state index in [1.807, 2.05) is 45.0 Å². The zero-order valence-corrected chi connectivity index (χ0v) is 15.5. The number of amides is 2. The summed E-state index contributed by atoms with van der Waals surface area (Å²) in [5.74, 6) is 0.154. The Bertz CT molecular complexity index is 600. The molecule has 1 aromatic rings. The summed E-state index contributed by atoms with van der Waals surface area (Å²) >= 11 is 0. The SMILES string of the molecule is CCC(O)CCNC(=O)C1Cc2ccccc2CN1C(=O)CC(C)C. The number of nitrogens with one attached hydrogen (secondary N) is 1. The van der Waals surface area contributed by atoms with Crippen LogP contribution in [0.15, 0.2) is 24.3 Å². The van der Waals surface area contributed by atoms with Crippen LogP contribution in [0.25, 0.3) is 0 Å². The van der Waals surface area contributed by atoms with E-state index in [2.05, 4.69) is 5.32 Å². The molecule has 25 heavy (non-hydrogen) atoms. The smallest absolute Gasteiger partial charge is 0.243 e. The van der Waals surface area contributed by atoms with Crippen LogP contribution in [-0.4, -0.2) is 40.5 Å². The minimum atomic E-state index is -0.472. The quantitative estimate of drug-likeness (QED) is 0.796. The minimum Gasteiger partial charge on any atom is -0.393 e. The summed E-state index contributed by atoms with van der Waals surface area (Å²) in [6.07, 6.45) is 1.80. The maximum absolute atomic E-state index is 12.7. The molecule has 5 nitrogen and oxygen atoms in total. The fourth-order valence-electron chi connectivity index (χ4n) is 3.17. The largest absolute Gasteiger partial charge is 0.393 e. The van der Waals surface area contributed by atoms with Crippen molar-refractivity contribution in [1.29, 1.82) is 0 Å². The topological polar surface area (TPSA) is 69.6 Å². The van der Waals surface area contributed by atoms with Gasteiger partial charge in [-0.1, -0.05) is 45.0 Å². The second kappa shape index (κ2) is 8.99. The van der Waals surface area contributed by atoms with E-state index in [0.29, 0.717) is 38.8 Å². The van der Waals surface area contributed by atoms with Gasteiger partial charge in [0.05, 0.1) is 6.10 Å². The lowest BCUT2D eigenvalue weighted by atomic mass is 9.92. The second-order valence-corrected chi connectivity index (χ2v) is 7.25. The fraction of sp³-hybridized carbons (Fsp3) is 0.600. The van der Waals surface area contributed by atoms with E-state index >= 15 is 0 Å². The predicted molar refractivity (Wildman–Crippen MR) is 97.9 cm³/mol. The maximum Gasteiger partial charge on any atom is 0.243 e. The van der Waals surface area contributed by atoms with Gasteiger partial charge in [-0.3, -0.25) is 9.59 Å². The van der Waals surface area contributed by atoms with E-state index in [-0.39, 0.29) is 17.7 Å². The van der Waals surface area contributed by atoms with Gasteiger partial charge in [-0.2, -0.15) is 0 Å². The number of nitrogens with zero attached hydrogens (tertiary/aromatic N) is 1. The standard InChI is InChI=1S/C20H30N2O3/c1-4-17(23)9-10-21-20(25)18-12-15-7-5-6-8-16(15)13-22(18)19(24)11-14(2)3/h5-8,14,17-18,23H,4,9-13H2,1-3H3,(H,21,25). The minimum absolute atomic E-state index is 0.0262. The lowest BCUT2D eigenvalue weighted by molar-refractivity contribution is -0.142.